The Hall–Kier alpha value is -4.55. The highest BCUT2D eigenvalue weighted by Crippen LogP contribution is 2.31. The number of hydrogen-bond donors (Lipinski definition) is 1. The Labute approximate surface area is 212 Å². The lowest BCUT2D eigenvalue weighted by molar-refractivity contribution is -0.114. The van der Waals surface area contributed by atoms with E-state index in [1.807, 2.05) is 12.1 Å². The number of hydrogen-bond acceptors (Lipinski definition) is 7. The molecule has 0 bridgehead atoms. The summed E-state index contributed by atoms with van der Waals surface area (Å²) in [6.07, 6.45) is 1.69. The smallest absolute Gasteiger partial charge is 0.283 e. The molecule has 0 aliphatic carbocycles. The third-order valence-corrected chi connectivity index (χ3v) is 6.15. The molecule has 9 heteroatoms. The van der Waals surface area contributed by atoms with Crippen molar-refractivity contribution in [3.05, 3.63) is 89.6 Å². The van der Waals surface area contributed by atoms with Crippen LogP contribution < -0.4 is 19.7 Å². The number of carbonyl (C=O) groups excluding carboxylic acids is 2. The van der Waals surface area contributed by atoms with Crippen molar-refractivity contribution in [3.63, 3.8) is 0 Å². The molecule has 3 aromatic rings. The lowest BCUT2D eigenvalue weighted by atomic mass is 10.2. The van der Waals surface area contributed by atoms with Crippen molar-refractivity contribution >= 4 is 46.2 Å². The van der Waals surface area contributed by atoms with Gasteiger partial charge in [-0.05, 0) is 48.0 Å². The monoisotopic (exact) mass is 498 g/mol. The van der Waals surface area contributed by atoms with Crippen LogP contribution in [0, 0.1) is 11.3 Å². The van der Waals surface area contributed by atoms with E-state index in [1.165, 1.54) is 4.90 Å². The number of nitrogens with zero attached hydrogens (tertiary/aromatic N) is 3. The average Bonchev–Trinajstić information content (AvgIpc) is 3.22. The maximum absolute atomic E-state index is 13.4. The third kappa shape index (κ3) is 5.56. The van der Waals surface area contributed by atoms with Gasteiger partial charge in [-0.25, -0.2) is 4.99 Å². The fourth-order valence-electron chi connectivity index (χ4n) is 3.43. The zero-order valence-corrected chi connectivity index (χ0v) is 20.4. The van der Waals surface area contributed by atoms with Crippen molar-refractivity contribution in [3.8, 4) is 17.6 Å². The lowest BCUT2D eigenvalue weighted by Crippen LogP contribution is -2.31. The van der Waals surface area contributed by atoms with Gasteiger partial charge in [0.2, 0.25) is 5.91 Å². The van der Waals surface area contributed by atoms with E-state index in [0.717, 1.165) is 17.3 Å². The Morgan fingerprint density at radius 3 is 2.53 bits per heavy atom. The zero-order valence-electron chi connectivity index (χ0n) is 19.6. The van der Waals surface area contributed by atoms with E-state index < -0.39 is 0 Å². The molecule has 0 radical (unpaired) electrons. The Morgan fingerprint density at radius 1 is 1.06 bits per heavy atom. The van der Waals surface area contributed by atoms with Gasteiger partial charge in [-0.3, -0.25) is 14.5 Å². The number of para-hydroxylation sites is 1. The third-order valence-electron chi connectivity index (χ3n) is 5.21. The van der Waals surface area contributed by atoms with E-state index in [-0.39, 0.29) is 23.3 Å². The molecular weight excluding hydrogens is 476 g/mol. The lowest BCUT2D eigenvalue weighted by Gasteiger charge is -2.18. The van der Waals surface area contributed by atoms with Crippen LogP contribution in [0.25, 0.3) is 6.08 Å². The molecule has 0 fully saturated rings. The number of methoxy groups -OCH3 is 2. The van der Waals surface area contributed by atoms with Crippen molar-refractivity contribution in [2.24, 2.45) is 4.99 Å². The number of rotatable bonds is 7. The molecular formula is C27H22N4O4S. The van der Waals surface area contributed by atoms with E-state index in [2.05, 4.69) is 16.4 Å². The number of amides is 2. The number of nitrogens with one attached hydrogen (secondary N) is 1. The molecule has 0 unspecified atom stereocenters. The van der Waals surface area contributed by atoms with Gasteiger partial charge < -0.3 is 14.8 Å². The number of nitriles is 1. The number of ether oxygens (including phenoxy) is 2. The molecule has 1 N–H and O–H groups in total. The van der Waals surface area contributed by atoms with Crippen LogP contribution in [-0.4, -0.2) is 37.0 Å². The predicted molar refractivity (Wildman–Crippen MR) is 141 cm³/mol. The zero-order chi connectivity index (χ0) is 25.5. The molecule has 0 spiro atoms. The number of carbonyl (C=O) groups is 2. The van der Waals surface area contributed by atoms with Crippen LogP contribution in [0.4, 0.5) is 11.4 Å². The second kappa shape index (κ2) is 11.3. The van der Waals surface area contributed by atoms with Crippen LogP contribution >= 0.6 is 11.8 Å². The summed E-state index contributed by atoms with van der Waals surface area (Å²) in [5.41, 5.74) is 2.39. The SMILES string of the molecule is COc1ccc(/C=C2/N=C(SCC(=O)Nc3ccccc3C#N)N(c3cccc(OC)c3)C2=O)cc1. The molecule has 0 aromatic heterocycles. The molecule has 1 aliphatic rings. The first-order valence-electron chi connectivity index (χ1n) is 10.9. The first-order valence-corrected chi connectivity index (χ1v) is 11.9. The maximum atomic E-state index is 13.4. The highest BCUT2D eigenvalue weighted by Gasteiger charge is 2.32. The predicted octanol–water partition coefficient (Wildman–Crippen LogP) is 4.69. The highest BCUT2D eigenvalue weighted by molar-refractivity contribution is 8.14. The van der Waals surface area contributed by atoms with E-state index in [9.17, 15) is 14.9 Å². The van der Waals surface area contributed by atoms with Gasteiger partial charge in [0.15, 0.2) is 5.17 Å². The summed E-state index contributed by atoms with van der Waals surface area (Å²) in [6, 6.07) is 23.1. The molecule has 1 aliphatic heterocycles. The summed E-state index contributed by atoms with van der Waals surface area (Å²) in [5, 5.41) is 12.4. The molecule has 0 saturated carbocycles. The number of aliphatic imine (C=N–C) groups is 1. The Kier molecular flexibility index (Phi) is 7.68. The second-order valence-electron chi connectivity index (χ2n) is 7.53. The Bertz CT molecular complexity index is 1390. The summed E-state index contributed by atoms with van der Waals surface area (Å²) in [4.78, 5) is 32.0. The van der Waals surface area contributed by atoms with Crippen LogP contribution in [0.1, 0.15) is 11.1 Å². The molecule has 0 saturated heterocycles. The van der Waals surface area contributed by atoms with Crippen LogP contribution in [0.5, 0.6) is 11.5 Å². The van der Waals surface area contributed by atoms with Crippen molar-refractivity contribution in [2.75, 3.05) is 30.2 Å². The summed E-state index contributed by atoms with van der Waals surface area (Å²) >= 11 is 1.12. The summed E-state index contributed by atoms with van der Waals surface area (Å²) in [5.74, 6) is 0.634. The average molecular weight is 499 g/mol. The standard InChI is InChI=1S/C27H22N4O4S/c1-34-21-12-10-18(11-13-21)14-24-26(33)31(20-7-5-8-22(15-20)35-2)27(30-24)36-17-25(32)29-23-9-4-3-6-19(23)16-28/h3-15H,17H2,1-2H3,(H,29,32)/b24-14+. The van der Waals surface area contributed by atoms with Crippen molar-refractivity contribution in [1.29, 1.82) is 5.26 Å². The molecule has 2 amide bonds. The summed E-state index contributed by atoms with van der Waals surface area (Å²) in [7, 11) is 3.13. The minimum absolute atomic E-state index is 0.0117. The molecule has 36 heavy (non-hydrogen) atoms. The number of thioether (sulfide) groups is 1. The molecule has 4 rings (SSSR count). The summed E-state index contributed by atoms with van der Waals surface area (Å²) < 4.78 is 10.5. The van der Waals surface area contributed by atoms with E-state index in [1.54, 1.807) is 81.0 Å². The Morgan fingerprint density at radius 2 is 1.81 bits per heavy atom. The fraction of sp³-hybridized carbons (Fsp3) is 0.111. The van der Waals surface area contributed by atoms with Gasteiger partial charge in [0.25, 0.3) is 5.91 Å². The van der Waals surface area contributed by atoms with Crippen LogP contribution in [0.2, 0.25) is 0 Å². The molecule has 1 heterocycles. The number of anilines is 2. The van der Waals surface area contributed by atoms with Crippen LogP contribution in [0.3, 0.4) is 0 Å². The van der Waals surface area contributed by atoms with E-state index >= 15 is 0 Å². The van der Waals surface area contributed by atoms with Gasteiger partial charge in [-0.1, -0.05) is 42.1 Å². The minimum Gasteiger partial charge on any atom is -0.497 e. The van der Waals surface area contributed by atoms with Crippen molar-refractivity contribution in [1.82, 2.24) is 0 Å². The second-order valence-corrected chi connectivity index (χ2v) is 8.48. The van der Waals surface area contributed by atoms with E-state index in [0.29, 0.717) is 33.6 Å². The maximum Gasteiger partial charge on any atom is 0.283 e. The first kappa shape index (κ1) is 24.6. The van der Waals surface area contributed by atoms with Gasteiger partial charge in [-0.15, -0.1) is 0 Å². The van der Waals surface area contributed by atoms with E-state index in [4.69, 9.17) is 9.47 Å². The van der Waals surface area contributed by atoms with Gasteiger partial charge in [0, 0.05) is 6.07 Å². The quantitative estimate of drug-likeness (QED) is 0.474. The van der Waals surface area contributed by atoms with Crippen molar-refractivity contribution in [2.45, 2.75) is 0 Å². The molecule has 3 aromatic carbocycles. The molecule has 8 nitrogen and oxygen atoms in total. The van der Waals surface area contributed by atoms with Gasteiger partial charge >= 0.3 is 0 Å². The summed E-state index contributed by atoms with van der Waals surface area (Å²) in [6.45, 7) is 0. The van der Waals surface area contributed by atoms with Gasteiger partial charge in [-0.2, -0.15) is 5.26 Å². The normalized spacial score (nSPS) is 13.8. The topological polar surface area (TPSA) is 104 Å². The fourth-order valence-corrected chi connectivity index (χ4v) is 4.25. The van der Waals surface area contributed by atoms with Crippen LogP contribution in [0.15, 0.2) is 83.5 Å². The largest absolute Gasteiger partial charge is 0.497 e. The molecule has 180 valence electrons. The minimum atomic E-state index is -0.323. The first-order chi connectivity index (χ1) is 17.5. The molecule has 0 atom stereocenters. The van der Waals surface area contributed by atoms with Gasteiger partial charge in [0.1, 0.15) is 23.3 Å². The van der Waals surface area contributed by atoms with Crippen molar-refractivity contribution < 1.29 is 19.1 Å². The van der Waals surface area contributed by atoms with Gasteiger partial charge in [0.05, 0.1) is 36.9 Å². The highest BCUT2D eigenvalue weighted by atomic mass is 32.2. The Balaban J connectivity index is 1.59. The van der Waals surface area contributed by atoms with Crippen LogP contribution in [-0.2, 0) is 9.59 Å². The number of benzene rings is 3. The number of amidine groups is 1.